The number of pyridine rings is 1. The Kier molecular flexibility index (Phi) is 6.50. The number of hydrogen-bond acceptors (Lipinski definition) is 7. The summed E-state index contributed by atoms with van der Waals surface area (Å²) in [5.74, 6) is -0.255. The minimum absolute atomic E-state index is 0.0101. The van der Waals surface area contributed by atoms with Gasteiger partial charge in [-0.25, -0.2) is 9.97 Å². The van der Waals surface area contributed by atoms with Crippen LogP contribution in [-0.2, 0) is 6.18 Å². The smallest absolute Gasteiger partial charge is 0.433 e. The lowest BCUT2D eigenvalue weighted by Crippen LogP contribution is -2.45. The molecule has 4 rings (SSSR count). The van der Waals surface area contributed by atoms with Gasteiger partial charge >= 0.3 is 6.18 Å². The third-order valence-corrected chi connectivity index (χ3v) is 5.89. The third-order valence-electron chi connectivity index (χ3n) is 5.89. The first kappa shape index (κ1) is 24.0. The Morgan fingerprint density at radius 3 is 2.62 bits per heavy atom. The summed E-state index contributed by atoms with van der Waals surface area (Å²) in [5.41, 5.74) is 5.22. The summed E-state index contributed by atoms with van der Waals surface area (Å²) in [6.07, 6.45) is -2.27. The molecule has 1 aromatic carbocycles. The molecular formula is C23H25F3N4O4. The van der Waals surface area contributed by atoms with Crippen LogP contribution in [0.4, 0.5) is 13.2 Å². The van der Waals surface area contributed by atoms with Gasteiger partial charge in [-0.3, -0.25) is 4.79 Å². The molecule has 0 saturated heterocycles. The molecule has 0 radical (unpaired) electrons. The predicted molar refractivity (Wildman–Crippen MR) is 117 cm³/mol. The van der Waals surface area contributed by atoms with E-state index in [1.165, 1.54) is 19.2 Å². The highest BCUT2D eigenvalue weighted by molar-refractivity contribution is 5.98. The van der Waals surface area contributed by atoms with Gasteiger partial charge in [-0.15, -0.1) is 0 Å². The van der Waals surface area contributed by atoms with Gasteiger partial charge < -0.3 is 25.3 Å². The molecular weight excluding hydrogens is 453 g/mol. The van der Waals surface area contributed by atoms with Crippen LogP contribution in [-0.4, -0.2) is 40.2 Å². The minimum atomic E-state index is -4.63. The van der Waals surface area contributed by atoms with Crippen LogP contribution in [0, 0.1) is 0 Å². The van der Waals surface area contributed by atoms with Crippen molar-refractivity contribution in [2.45, 2.75) is 57.0 Å². The second-order valence-electron chi connectivity index (χ2n) is 8.36. The van der Waals surface area contributed by atoms with Crippen molar-refractivity contribution >= 4 is 16.8 Å². The number of nitrogens with zero attached hydrogens (tertiary/aromatic N) is 2. The topological polar surface area (TPSA) is 124 Å². The van der Waals surface area contributed by atoms with Gasteiger partial charge in [-0.2, -0.15) is 13.2 Å². The summed E-state index contributed by atoms with van der Waals surface area (Å²) in [4.78, 5) is 21.1. The average molecular weight is 478 g/mol. The molecule has 0 aliphatic heterocycles. The van der Waals surface area contributed by atoms with Gasteiger partial charge in [0, 0.05) is 10.9 Å². The molecule has 1 fully saturated rings. The summed E-state index contributed by atoms with van der Waals surface area (Å²) >= 11 is 0. The number of aliphatic hydroxyl groups is 1. The summed E-state index contributed by atoms with van der Waals surface area (Å²) in [5, 5.41) is 13.3. The Labute approximate surface area is 193 Å². The van der Waals surface area contributed by atoms with Crippen LogP contribution in [0.1, 0.15) is 60.6 Å². The van der Waals surface area contributed by atoms with Crippen molar-refractivity contribution in [2.24, 2.45) is 5.73 Å². The van der Waals surface area contributed by atoms with Gasteiger partial charge in [0.15, 0.2) is 11.5 Å². The number of nitrogens with two attached hydrogens (primary N) is 1. The highest BCUT2D eigenvalue weighted by Gasteiger charge is 2.34. The first-order valence-corrected chi connectivity index (χ1v) is 10.9. The van der Waals surface area contributed by atoms with Gasteiger partial charge in [-0.1, -0.05) is 12.8 Å². The number of amides is 1. The number of benzene rings is 1. The zero-order valence-corrected chi connectivity index (χ0v) is 18.6. The Morgan fingerprint density at radius 2 is 1.97 bits per heavy atom. The highest BCUT2D eigenvalue weighted by Crippen LogP contribution is 2.37. The standard InChI is InChI=1S/C23H25F3N4O4/c1-11(27)20-19(21(32)28-14-5-3-4-6-15(14)31)30-22(34-20)13-7-9-16(33-2)18-12(13)8-10-17(29-18)23(24,25)26/h7-11,14-15,31H,3-6,27H2,1-2H3,(H,28,32)/t11-,14-,15+/m0/s1. The largest absolute Gasteiger partial charge is 0.494 e. The van der Waals surface area contributed by atoms with Crippen LogP contribution in [0.3, 0.4) is 0 Å². The Bertz CT molecular complexity index is 1210. The lowest BCUT2D eigenvalue weighted by molar-refractivity contribution is -0.140. The van der Waals surface area contributed by atoms with Crippen LogP contribution >= 0.6 is 0 Å². The fraction of sp³-hybridized carbons (Fsp3) is 0.435. The molecule has 34 heavy (non-hydrogen) atoms. The fourth-order valence-electron chi connectivity index (χ4n) is 4.14. The van der Waals surface area contributed by atoms with Crippen molar-refractivity contribution in [3.63, 3.8) is 0 Å². The molecule has 0 unspecified atom stereocenters. The van der Waals surface area contributed by atoms with Crippen LogP contribution in [0.15, 0.2) is 28.7 Å². The maximum atomic E-state index is 13.2. The number of hydrogen-bond donors (Lipinski definition) is 3. The second-order valence-corrected chi connectivity index (χ2v) is 8.36. The molecule has 4 N–H and O–H groups in total. The van der Waals surface area contributed by atoms with Crippen molar-refractivity contribution < 1.29 is 32.2 Å². The van der Waals surface area contributed by atoms with E-state index in [1.807, 2.05) is 0 Å². The van der Waals surface area contributed by atoms with Crippen LogP contribution < -0.4 is 15.8 Å². The van der Waals surface area contributed by atoms with Crippen molar-refractivity contribution in [3.8, 4) is 17.2 Å². The van der Waals surface area contributed by atoms with E-state index in [1.54, 1.807) is 13.0 Å². The van der Waals surface area contributed by atoms with Gasteiger partial charge in [0.05, 0.1) is 25.3 Å². The lowest BCUT2D eigenvalue weighted by Gasteiger charge is -2.28. The molecule has 1 amide bonds. The number of nitrogens with one attached hydrogen (secondary N) is 1. The molecule has 182 valence electrons. The van der Waals surface area contributed by atoms with E-state index in [0.29, 0.717) is 23.8 Å². The number of ether oxygens (including phenoxy) is 1. The third kappa shape index (κ3) is 4.58. The van der Waals surface area contributed by atoms with E-state index >= 15 is 0 Å². The second kappa shape index (κ2) is 9.22. The number of rotatable bonds is 5. The molecule has 8 nitrogen and oxygen atoms in total. The highest BCUT2D eigenvalue weighted by atomic mass is 19.4. The summed E-state index contributed by atoms with van der Waals surface area (Å²) in [6, 6.07) is 4.06. The van der Waals surface area contributed by atoms with Crippen LogP contribution in [0.2, 0.25) is 0 Å². The average Bonchev–Trinajstić information content (AvgIpc) is 3.24. The van der Waals surface area contributed by atoms with Gasteiger partial charge in [0.1, 0.15) is 17.0 Å². The molecule has 2 heterocycles. The monoisotopic (exact) mass is 478 g/mol. The first-order valence-electron chi connectivity index (χ1n) is 10.9. The maximum Gasteiger partial charge on any atom is 0.433 e. The Balaban J connectivity index is 1.77. The quantitative estimate of drug-likeness (QED) is 0.507. The fourth-order valence-corrected chi connectivity index (χ4v) is 4.14. The maximum absolute atomic E-state index is 13.2. The minimum Gasteiger partial charge on any atom is -0.494 e. The number of carbonyl (C=O) groups is 1. The molecule has 1 aliphatic rings. The van der Waals surface area contributed by atoms with E-state index in [4.69, 9.17) is 14.9 Å². The number of halogens is 3. The van der Waals surface area contributed by atoms with Gasteiger partial charge in [-0.05, 0) is 44.0 Å². The lowest BCUT2D eigenvalue weighted by atomic mass is 9.92. The molecule has 11 heteroatoms. The molecule has 0 spiro atoms. The number of methoxy groups -OCH3 is 1. The zero-order valence-electron chi connectivity index (χ0n) is 18.6. The zero-order chi connectivity index (χ0) is 24.6. The number of oxazole rings is 1. The molecule has 2 aromatic heterocycles. The molecule has 3 aromatic rings. The summed E-state index contributed by atoms with van der Waals surface area (Å²) in [6.45, 7) is 1.62. The Morgan fingerprint density at radius 1 is 1.24 bits per heavy atom. The Hall–Kier alpha value is -3.18. The normalized spacial score (nSPS) is 19.7. The molecule has 3 atom stereocenters. The van der Waals surface area contributed by atoms with Crippen molar-refractivity contribution in [1.29, 1.82) is 0 Å². The van der Waals surface area contributed by atoms with Gasteiger partial charge in [0.25, 0.3) is 5.91 Å². The van der Waals surface area contributed by atoms with Crippen LogP contribution in [0.5, 0.6) is 5.75 Å². The number of fused-ring (bicyclic) bond motifs is 1. The van der Waals surface area contributed by atoms with E-state index < -0.39 is 36.0 Å². The van der Waals surface area contributed by atoms with Crippen molar-refractivity contribution in [2.75, 3.05) is 7.11 Å². The number of aromatic nitrogens is 2. The molecule has 1 aliphatic carbocycles. The number of alkyl halides is 3. The van der Waals surface area contributed by atoms with Crippen molar-refractivity contribution in [1.82, 2.24) is 15.3 Å². The number of carbonyl (C=O) groups excluding carboxylic acids is 1. The van der Waals surface area contributed by atoms with E-state index in [-0.39, 0.29) is 28.6 Å². The molecule has 1 saturated carbocycles. The first-order chi connectivity index (χ1) is 16.1. The van der Waals surface area contributed by atoms with E-state index in [9.17, 15) is 23.1 Å². The van der Waals surface area contributed by atoms with E-state index in [2.05, 4.69) is 15.3 Å². The number of aliphatic hydroxyl groups excluding tert-OH is 1. The van der Waals surface area contributed by atoms with Crippen LogP contribution in [0.25, 0.3) is 22.4 Å². The van der Waals surface area contributed by atoms with Gasteiger partial charge in [0.2, 0.25) is 5.89 Å². The summed E-state index contributed by atoms with van der Waals surface area (Å²) < 4.78 is 50.7. The summed E-state index contributed by atoms with van der Waals surface area (Å²) in [7, 11) is 1.33. The molecule has 0 bridgehead atoms. The van der Waals surface area contributed by atoms with E-state index in [0.717, 1.165) is 18.9 Å². The van der Waals surface area contributed by atoms with Crippen molar-refractivity contribution in [3.05, 3.63) is 41.4 Å². The predicted octanol–water partition coefficient (Wildman–Crippen LogP) is 3.97. The SMILES string of the molecule is COc1ccc(-c2nc(C(=O)N[C@H]3CCCC[C@H]3O)c([C@H](C)N)o2)c2ccc(C(F)(F)F)nc12.